The van der Waals surface area contributed by atoms with Gasteiger partial charge in [-0.15, -0.1) is 5.10 Å². The maximum absolute atomic E-state index is 9.67. The third-order valence-corrected chi connectivity index (χ3v) is 2.18. The number of rotatable bonds is 5. The number of nitrogens with one attached hydrogen (secondary N) is 1. The van der Waals surface area contributed by atoms with Crippen LogP contribution in [-0.2, 0) is 0 Å². The molecule has 1 atom stereocenters. The van der Waals surface area contributed by atoms with Crippen LogP contribution in [-0.4, -0.2) is 41.5 Å². The monoisotopic (exact) mass is 228 g/mol. The van der Waals surface area contributed by atoms with Crippen LogP contribution in [0.15, 0.2) is 4.42 Å². The minimum Gasteiger partial charge on any atom is -0.406 e. The van der Waals surface area contributed by atoms with Crippen molar-refractivity contribution in [2.24, 2.45) is 0 Å². The molecule has 0 aliphatic rings. The molecule has 6 heteroatoms. The quantitative estimate of drug-likeness (QED) is 0.767. The van der Waals surface area contributed by atoms with Crippen LogP contribution in [0, 0.1) is 0 Å². The highest BCUT2D eigenvalue weighted by Crippen LogP contribution is 2.17. The van der Waals surface area contributed by atoms with E-state index in [2.05, 4.69) is 15.5 Å². The molecular weight excluding hydrogens is 208 g/mol. The highest BCUT2D eigenvalue weighted by molar-refractivity contribution is 5.23. The molecule has 6 nitrogen and oxygen atoms in total. The van der Waals surface area contributed by atoms with E-state index < -0.39 is 5.60 Å². The number of aliphatic hydroxyl groups is 1. The number of hydrogen-bond acceptors (Lipinski definition) is 6. The van der Waals surface area contributed by atoms with E-state index in [0.717, 1.165) is 0 Å². The fourth-order valence-corrected chi connectivity index (χ4v) is 1.33. The number of hydrogen-bond donors (Lipinski definition) is 2. The van der Waals surface area contributed by atoms with Crippen molar-refractivity contribution < 1.29 is 9.52 Å². The van der Waals surface area contributed by atoms with E-state index in [4.69, 9.17) is 4.42 Å². The molecule has 1 rings (SSSR count). The molecule has 2 N–H and O–H groups in total. The molecule has 1 unspecified atom stereocenters. The first-order valence-electron chi connectivity index (χ1n) is 5.27. The first-order valence-corrected chi connectivity index (χ1v) is 5.27. The van der Waals surface area contributed by atoms with Gasteiger partial charge >= 0.3 is 6.01 Å². The van der Waals surface area contributed by atoms with E-state index in [9.17, 15) is 5.11 Å². The summed E-state index contributed by atoms with van der Waals surface area (Å²) in [6, 6.07) is 0.441. The molecule has 0 aliphatic carbocycles. The lowest BCUT2D eigenvalue weighted by Crippen LogP contribution is -2.36. The Labute approximate surface area is 95.7 Å². The maximum atomic E-state index is 9.67. The fraction of sp³-hybridized carbons (Fsp3) is 0.800. The molecule has 16 heavy (non-hydrogen) atoms. The molecule has 0 radical (unpaired) electrons. The first-order chi connectivity index (χ1) is 7.33. The topological polar surface area (TPSA) is 74.4 Å². The lowest BCUT2D eigenvalue weighted by molar-refractivity contribution is 0.0874. The Hall–Kier alpha value is -1.14. The van der Waals surface area contributed by atoms with Crippen LogP contribution in [0.2, 0.25) is 0 Å². The van der Waals surface area contributed by atoms with Gasteiger partial charge < -0.3 is 19.7 Å². The Morgan fingerprint density at radius 1 is 1.50 bits per heavy atom. The predicted molar refractivity (Wildman–Crippen MR) is 61.3 cm³/mol. The van der Waals surface area contributed by atoms with Crippen LogP contribution in [0.4, 0.5) is 6.01 Å². The van der Waals surface area contributed by atoms with Crippen LogP contribution in [0.1, 0.15) is 32.7 Å². The minimum atomic E-state index is -0.794. The molecule has 1 heterocycles. The van der Waals surface area contributed by atoms with Gasteiger partial charge in [0, 0.05) is 7.05 Å². The lowest BCUT2D eigenvalue weighted by Gasteiger charge is -2.23. The van der Waals surface area contributed by atoms with Gasteiger partial charge in [-0.1, -0.05) is 5.10 Å². The Balaban J connectivity index is 2.70. The highest BCUT2D eigenvalue weighted by atomic mass is 16.4. The zero-order valence-electron chi connectivity index (χ0n) is 10.5. The Kier molecular flexibility index (Phi) is 3.88. The standard InChI is InChI=1S/C10H20N4O2/c1-7(11-4)8-12-13-9(16-8)14(5)6-10(2,3)15/h7,11,15H,6H2,1-5H3. The average Bonchev–Trinajstić information content (AvgIpc) is 2.62. The smallest absolute Gasteiger partial charge is 0.318 e. The zero-order valence-corrected chi connectivity index (χ0v) is 10.5. The lowest BCUT2D eigenvalue weighted by atomic mass is 10.1. The summed E-state index contributed by atoms with van der Waals surface area (Å²) in [7, 11) is 3.63. The van der Waals surface area contributed by atoms with Gasteiger partial charge in [0.1, 0.15) is 0 Å². The van der Waals surface area contributed by atoms with Gasteiger partial charge in [-0.05, 0) is 27.8 Å². The summed E-state index contributed by atoms with van der Waals surface area (Å²) in [6.45, 7) is 5.84. The molecule has 0 saturated heterocycles. The van der Waals surface area contributed by atoms with Gasteiger partial charge in [-0.2, -0.15) is 0 Å². The summed E-state index contributed by atoms with van der Waals surface area (Å²) in [6.07, 6.45) is 0. The molecule has 0 aliphatic heterocycles. The SMILES string of the molecule is CNC(C)c1nnc(N(C)CC(C)(C)O)o1. The maximum Gasteiger partial charge on any atom is 0.318 e. The highest BCUT2D eigenvalue weighted by Gasteiger charge is 2.20. The molecule has 0 spiro atoms. The second kappa shape index (κ2) is 4.80. The van der Waals surface area contributed by atoms with Crippen LogP contribution in [0.25, 0.3) is 0 Å². The molecule has 1 aromatic heterocycles. The van der Waals surface area contributed by atoms with Gasteiger partial charge in [0.2, 0.25) is 5.89 Å². The number of likely N-dealkylation sites (N-methyl/N-ethyl adjacent to an activating group) is 1. The fourth-order valence-electron chi connectivity index (χ4n) is 1.33. The summed E-state index contributed by atoms with van der Waals surface area (Å²) in [5, 5.41) is 20.5. The van der Waals surface area contributed by atoms with Gasteiger partial charge in [0.05, 0.1) is 18.2 Å². The molecule has 0 saturated carbocycles. The molecular formula is C10H20N4O2. The third-order valence-electron chi connectivity index (χ3n) is 2.18. The van der Waals surface area contributed by atoms with Gasteiger partial charge in [0.15, 0.2) is 0 Å². The van der Waals surface area contributed by atoms with Crippen LogP contribution >= 0.6 is 0 Å². The summed E-state index contributed by atoms with van der Waals surface area (Å²) < 4.78 is 5.47. The van der Waals surface area contributed by atoms with E-state index in [1.54, 1.807) is 25.8 Å². The molecule has 0 fully saturated rings. The Bertz CT molecular complexity index is 332. The summed E-state index contributed by atoms with van der Waals surface area (Å²) in [4.78, 5) is 1.74. The van der Waals surface area contributed by atoms with Crippen molar-refractivity contribution in [1.82, 2.24) is 15.5 Å². The molecule has 92 valence electrons. The Morgan fingerprint density at radius 2 is 2.12 bits per heavy atom. The molecule has 1 aromatic rings. The minimum absolute atomic E-state index is 0.0248. The van der Waals surface area contributed by atoms with Crippen LogP contribution in [0.5, 0.6) is 0 Å². The van der Waals surface area contributed by atoms with E-state index in [0.29, 0.717) is 18.5 Å². The van der Waals surface area contributed by atoms with E-state index in [1.807, 2.05) is 14.0 Å². The van der Waals surface area contributed by atoms with Crippen molar-refractivity contribution in [3.8, 4) is 0 Å². The number of nitrogens with zero attached hydrogens (tertiary/aromatic N) is 3. The second-order valence-corrected chi connectivity index (χ2v) is 4.60. The molecule has 0 aromatic carbocycles. The van der Waals surface area contributed by atoms with Crippen molar-refractivity contribution in [2.75, 3.05) is 25.5 Å². The summed E-state index contributed by atoms with van der Waals surface area (Å²) in [5.41, 5.74) is -0.794. The van der Waals surface area contributed by atoms with E-state index >= 15 is 0 Å². The van der Waals surface area contributed by atoms with E-state index in [-0.39, 0.29) is 6.04 Å². The van der Waals surface area contributed by atoms with Crippen molar-refractivity contribution >= 4 is 6.01 Å². The first kappa shape index (κ1) is 12.9. The van der Waals surface area contributed by atoms with Crippen molar-refractivity contribution in [3.63, 3.8) is 0 Å². The van der Waals surface area contributed by atoms with Gasteiger partial charge in [-0.3, -0.25) is 0 Å². The molecule has 0 amide bonds. The largest absolute Gasteiger partial charge is 0.406 e. The summed E-state index contributed by atoms with van der Waals surface area (Å²) >= 11 is 0. The van der Waals surface area contributed by atoms with Crippen LogP contribution < -0.4 is 10.2 Å². The van der Waals surface area contributed by atoms with Crippen molar-refractivity contribution in [1.29, 1.82) is 0 Å². The van der Waals surface area contributed by atoms with Crippen molar-refractivity contribution in [3.05, 3.63) is 5.89 Å². The van der Waals surface area contributed by atoms with E-state index in [1.165, 1.54) is 0 Å². The second-order valence-electron chi connectivity index (χ2n) is 4.60. The van der Waals surface area contributed by atoms with Crippen LogP contribution in [0.3, 0.4) is 0 Å². The number of anilines is 1. The average molecular weight is 228 g/mol. The van der Waals surface area contributed by atoms with Crippen molar-refractivity contribution in [2.45, 2.75) is 32.4 Å². The number of aromatic nitrogens is 2. The zero-order chi connectivity index (χ0) is 12.3. The van der Waals surface area contributed by atoms with Gasteiger partial charge in [-0.25, -0.2) is 0 Å². The molecule has 0 bridgehead atoms. The summed E-state index contributed by atoms with van der Waals surface area (Å²) in [5.74, 6) is 0.542. The third kappa shape index (κ3) is 3.46. The van der Waals surface area contributed by atoms with Gasteiger partial charge in [0.25, 0.3) is 0 Å². The normalized spacial score (nSPS) is 13.9. The Morgan fingerprint density at radius 3 is 2.62 bits per heavy atom. The predicted octanol–water partition coefficient (Wildman–Crippen LogP) is 0.557.